The molecule has 0 spiro atoms. The third-order valence-electron chi connectivity index (χ3n) is 4.17. The van der Waals surface area contributed by atoms with Crippen molar-refractivity contribution in [3.05, 3.63) is 34.2 Å². The molecule has 1 aromatic carbocycles. The molecule has 2 aromatic rings. The highest BCUT2D eigenvalue weighted by Gasteiger charge is 2.40. The molecule has 0 radical (unpaired) electrons. The summed E-state index contributed by atoms with van der Waals surface area (Å²) < 4.78 is 1.09. The molecule has 6 heteroatoms. The predicted molar refractivity (Wildman–Crippen MR) is 87.5 cm³/mol. The molecule has 4 nitrogen and oxygen atoms in total. The topological polar surface area (TPSA) is 66.4 Å². The number of thiophene rings is 1. The predicted octanol–water partition coefficient (Wildman–Crippen LogP) is 3.61. The van der Waals surface area contributed by atoms with E-state index < -0.39 is 11.5 Å². The van der Waals surface area contributed by atoms with Gasteiger partial charge in [0.05, 0.1) is 18.4 Å². The number of carboxylic acid groups (broad SMARTS) is 1. The first-order chi connectivity index (χ1) is 10.5. The van der Waals surface area contributed by atoms with E-state index in [0.29, 0.717) is 5.02 Å². The first-order valence-corrected chi connectivity index (χ1v) is 8.42. The molecule has 0 bridgehead atoms. The van der Waals surface area contributed by atoms with E-state index >= 15 is 0 Å². The van der Waals surface area contributed by atoms with E-state index in [-0.39, 0.29) is 18.7 Å². The Hall–Kier alpha value is -1.59. The maximum Gasteiger partial charge on any atom is 0.305 e. The molecule has 22 heavy (non-hydrogen) atoms. The fourth-order valence-electron chi connectivity index (χ4n) is 2.94. The lowest BCUT2D eigenvalue weighted by Gasteiger charge is -2.41. The van der Waals surface area contributed by atoms with Gasteiger partial charge in [-0.2, -0.15) is 0 Å². The molecule has 1 aliphatic rings. The van der Waals surface area contributed by atoms with Crippen molar-refractivity contribution in [2.24, 2.45) is 0 Å². The summed E-state index contributed by atoms with van der Waals surface area (Å²) in [6, 6.07) is 5.65. The Morgan fingerprint density at radius 1 is 1.36 bits per heavy atom. The molecule has 2 N–H and O–H groups in total. The van der Waals surface area contributed by atoms with Crippen molar-refractivity contribution >= 4 is 44.9 Å². The van der Waals surface area contributed by atoms with E-state index in [1.165, 1.54) is 0 Å². The van der Waals surface area contributed by atoms with Crippen molar-refractivity contribution in [1.29, 1.82) is 0 Å². The van der Waals surface area contributed by atoms with E-state index in [9.17, 15) is 9.59 Å². The zero-order chi connectivity index (χ0) is 15.7. The molecule has 1 aromatic heterocycles. The summed E-state index contributed by atoms with van der Waals surface area (Å²) in [6.45, 7) is 0. The lowest BCUT2D eigenvalue weighted by atomic mass is 9.74. The summed E-state index contributed by atoms with van der Waals surface area (Å²) in [5, 5.41) is 15.5. The van der Waals surface area contributed by atoms with Crippen molar-refractivity contribution in [3.63, 3.8) is 0 Å². The molecule has 0 atom stereocenters. The molecule has 116 valence electrons. The smallest absolute Gasteiger partial charge is 0.305 e. The largest absolute Gasteiger partial charge is 0.481 e. The minimum atomic E-state index is -0.868. The summed E-state index contributed by atoms with van der Waals surface area (Å²) in [6.07, 6.45) is 2.68. The van der Waals surface area contributed by atoms with Gasteiger partial charge in [-0.15, -0.1) is 11.3 Å². The van der Waals surface area contributed by atoms with Gasteiger partial charge >= 0.3 is 5.97 Å². The monoisotopic (exact) mass is 337 g/mol. The molecule has 1 heterocycles. The van der Waals surface area contributed by atoms with Crippen LogP contribution in [0, 0.1) is 0 Å². The fourth-order valence-corrected chi connectivity index (χ4v) is 4.06. The number of hydrogen-bond acceptors (Lipinski definition) is 3. The lowest BCUT2D eigenvalue weighted by Crippen LogP contribution is -2.55. The van der Waals surface area contributed by atoms with E-state index in [4.69, 9.17) is 16.7 Å². The number of fused-ring (bicyclic) bond motifs is 1. The lowest BCUT2D eigenvalue weighted by molar-refractivity contribution is -0.140. The van der Waals surface area contributed by atoms with E-state index in [1.54, 1.807) is 11.3 Å². The van der Waals surface area contributed by atoms with Gasteiger partial charge in [-0.1, -0.05) is 11.6 Å². The summed E-state index contributed by atoms with van der Waals surface area (Å²) in [4.78, 5) is 23.3. The van der Waals surface area contributed by atoms with Crippen LogP contribution in [0.2, 0.25) is 5.02 Å². The maximum atomic E-state index is 12.3. The number of carbonyl (C=O) groups is 2. The molecular formula is C16H16ClNO3S. The third-order valence-corrected chi connectivity index (χ3v) is 5.42. The van der Waals surface area contributed by atoms with Crippen molar-refractivity contribution in [3.8, 4) is 0 Å². The van der Waals surface area contributed by atoms with Crippen LogP contribution in [-0.2, 0) is 16.0 Å². The van der Waals surface area contributed by atoms with Crippen LogP contribution in [0.1, 0.15) is 31.2 Å². The normalized spacial score (nSPS) is 16.2. The van der Waals surface area contributed by atoms with Gasteiger partial charge in [0.15, 0.2) is 0 Å². The Balaban J connectivity index is 1.73. The van der Waals surface area contributed by atoms with Gasteiger partial charge in [0.25, 0.3) is 0 Å². The number of amides is 1. The van der Waals surface area contributed by atoms with Crippen LogP contribution in [0.25, 0.3) is 10.1 Å². The SMILES string of the molecule is O=C(O)CC1(NC(=O)Cc2csc3ccc(Cl)cc23)CCC1. The second-order valence-corrected chi connectivity index (χ2v) is 7.18. The van der Waals surface area contributed by atoms with Crippen LogP contribution in [0.5, 0.6) is 0 Å². The molecule has 1 saturated carbocycles. The number of nitrogens with one attached hydrogen (secondary N) is 1. The molecule has 0 aliphatic heterocycles. The van der Waals surface area contributed by atoms with Crippen LogP contribution >= 0.6 is 22.9 Å². The molecule has 1 aliphatic carbocycles. The van der Waals surface area contributed by atoms with E-state index in [1.807, 2.05) is 23.6 Å². The minimum absolute atomic E-state index is 0.00501. The Labute approximate surface area is 137 Å². The van der Waals surface area contributed by atoms with Crippen molar-refractivity contribution in [2.75, 3.05) is 0 Å². The summed E-state index contributed by atoms with van der Waals surface area (Å²) in [7, 11) is 0. The van der Waals surface area contributed by atoms with Crippen molar-refractivity contribution in [1.82, 2.24) is 5.32 Å². The minimum Gasteiger partial charge on any atom is -0.481 e. The number of benzene rings is 1. The zero-order valence-corrected chi connectivity index (χ0v) is 13.5. The number of aliphatic carboxylic acids is 1. The van der Waals surface area contributed by atoms with Crippen molar-refractivity contribution < 1.29 is 14.7 Å². The zero-order valence-electron chi connectivity index (χ0n) is 11.9. The average Bonchev–Trinajstić information content (AvgIpc) is 2.78. The Kier molecular flexibility index (Phi) is 4.10. The third kappa shape index (κ3) is 3.10. The van der Waals surface area contributed by atoms with Gasteiger partial charge in [0.2, 0.25) is 5.91 Å². The number of halogens is 1. The molecule has 0 unspecified atom stereocenters. The van der Waals surface area contributed by atoms with Crippen LogP contribution < -0.4 is 5.32 Å². The van der Waals surface area contributed by atoms with Crippen molar-refractivity contribution in [2.45, 2.75) is 37.6 Å². The summed E-state index contributed by atoms with van der Waals surface area (Å²) in [5.41, 5.74) is 0.386. The average molecular weight is 338 g/mol. The van der Waals surface area contributed by atoms with Crippen LogP contribution in [-0.4, -0.2) is 22.5 Å². The molecule has 0 saturated heterocycles. The van der Waals surface area contributed by atoms with Gasteiger partial charge < -0.3 is 10.4 Å². The van der Waals surface area contributed by atoms with Crippen LogP contribution in [0.15, 0.2) is 23.6 Å². The van der Waals surface area contributed by atoms with Gasteiger partial charge in [0, 0.05) is 9.72 Å². The quantitative estimate of drug-likeness (QED) is 0.875. The Bertz CT molecular complexity index is 736. The summed E-state index contributed by atoms with van der Waals surface area (Å²) >= 11 is 7.60. The van der Waals surface area contributed by atoms with Gasteiger partial charge in [-0.05, 0) is 53.8 Å². The van der Waals surface area contributed by atoms with Gasteiger partial charge in [-0.25, -0.2) is 0 Å². The highest BCUT2D eigenvalue weighted by atomic mass is 35.5. The first-order valence-electron chi connectivity index (χ1n) is 7.16. The Morgan fingerprint density at radius 2 is 2.14 bits per heavy atom. The number of hydrogen-bond donors (Lipinski definition) is 2. The van der Waals surface area contributed by atoms with E-state index in [2.05, 4.69) is 5.32 Å². The number of carboxylic acids is 1. The maximum absolute atomic E-state index is 12.3. The molecule has 1 fully saturated rings. The molecule has 1 amide bonds. The molecular weight excluding hydrogens is 322 g/mol. The second kappa shape index (κ2) is 5.89. The molecule has 3 rings (SSSR count). The van der Waals surface area contributed by atoms with Crippen LogP contribution in [0.4, 0.5) is 0 Å². The number of carbonyl (C=O) groups excluding carboxylic acids is 1. The fraction of sp³-hybridized carbons (Fsp3) is 0.375. The standard InChI is InChI=1S/C16H16ClNO3S/c17-11-2-3-13-12(7-11)10(9-22-13)6-14(19)18-16(4-1-5-16)8-15(20)21/h2-3,7,9H,1,4-6,8H2,(H,18,19)(H,20,21). The first kappa shape index (κ1) is 15.3. The van der Waals surface area contributed by atoms with Crippen LogP contribution in [0.3, 0.4) is 0 Å². The Morgan fingerprint density at radius 3 is 2.77 bits per heavy atom. The van der Waals surface area contributed by atoms with E-state index in [0.717, 1.165) is 34.9 Å². The van der Waals surface area contributed by atoms with Gasteiger partial charge in [0.1, 0.15) is 0 Å². The highest BCUT2D eigenvalue weighted by molar-refractivity contribution is 7.17. The van der Waals surface area contributed by atoms with Gasteiger partial charge in [-0.3, -0.25) is 9.59 Å². The summed E-state index contributed by atoms with van der Waals surface area (Å²) in [5.74, 6) is -0.992. The highest BCUT2D eigenvalue weighted by Crippen LogP contribution is 2.35. The second-order valence-electron chi connectivity index (χ2n) is 5.83. The number of rotatable bonds is 5.